The molecule has 0 saturated heterocycles. The van der Waals surface area contributed by atoms with Crippen molar-refractivity contribution in [3.05, 3.63) is 24.3 Å². The van der Waals surface area contributed by atoms with E-state index in [1.54, 1.807) is 6.08 Å². The Labute approximate surface area is 76.7 Å². The van der Waals surface area contributed by atoms with Crippen molar-refractivity contribution in [1.82, 2.24) is 0 Å². The second kappa shape index (κ2) is 3.00. The van der Waals surface area contributed by atoms with Crippen LogP contribution in [0.3, 0.4) is 0 Å². The molecular weight excluding hydrogens is 168 g/mol. The highest BCUT2D eigenvalue weighted by molar-refractivity contribution is 5.76. The maximum absolute atomic E-state index is 11.3. The number of carbonyl (C=O) groups excluding carboxylic acids is 1. The number of aliphatic hydroxyl groups excluding tert-OH is 1. The Morgan fingerprint density at radius 3 is 2.69 bits per heavy atom. The molecule has 2 aliphatic carbocycles. The van der Waals surface area contributed by atoms with Gasteiger partial charge in [0.1, 0.15) is 0 Å². The molecule has 0 bridgehead atoms. The Balaban J connectivity index is 2.17. The van der Waals surface area contributed by atoms with E-state index in [2.05, 4.69) is 4.74 Å². The number of methoxy groups -OCH3 is 1. The van der Waals surface area contributed by atoms with Crippen molar-refractivity contribution in [2.75, 3.05) is 7.11 Å². The van der Waals surface area contributed by atoms with Crippen LogP contribution in [0.25, 0.3) is 0 Å². The first-order valence-electron chi connectivity index (χ1n) is 4.36. The molecule has 0 aromatic carbocycles. The van der Waals surface area contributed by atoms with Crippen LogP contribution in [0.5, 0.6) is 0 Å². The summed E-state index contributed by atoms with van der Waals surface area (Å²) in [7, 11) is 1.37. The number of esters is 1. The summed E-state index contributed by atoms with van der Waals surface area (Å²) in [5.74, 6) is -0.363. The monoisotopic (exact) mass is 180 g/mol. The summed E-state index contributed by atoms with van der Waals surface area (Å²) in [6.07, 6.45) is 6.96. The normalized spacial score (nSPS) is 40.8. The zero-order chi connectivity index (χ0) is 9.42. The summed E-state index contributed by atoms with van der Waals surface area (Å²) in [6, 6.07) is 0. The van der Waals surface area contributed by atoms with Crippen LogP contribution < -0.4 is 0 Å². The largest absolute Gasteiger partial charge is 0.469 e. The minimum absolute atomic E-state index is 0.0348. The van der Waals surface area contributed by atoms with E-state index < -0.39 is 6.10 Å². The van der Waals surface area contributed by atoms with E-state index >= 15 is 0 Å². The third-order valence-corrected chi connectivity index (χ3v) is 2.80. The lowest BCUT2D eigenvalue weighted by atomic mass is 9.88. The van der Waals surface area contributed by atoms with Gasteiger partial charge in [-0.1, -0.05) is 24.3 Å². The Morgan fingerprint density at radius 1 is 1.31 bits per heavy atom. The van der Waals surface area contributed by atoms with Crippen LogP contribution in [0.1, 0.15) is 0 Å². The van der Waals surface area contributed by atoms with Gasteiger partial charge < -0.3 is 9.84 Å². The van der Waals surface area contributed by atoms with E-state index in [0.29, 0.717) is 0 Å². The Morgan fingerprint density at radius 2 is 2.00 bits per heavy atom. The molecule has 3 heteroatoms. The SMILES string of the molecule is COC(=O)[C@@H]1C=C[C@@H]2C=C[C@H](O)[C@@H]21. The van der Waals surface area contributed by atoms with Crippen molar-refractivity contribution in [2.24, 2.45) is 17.8 Å². The molecular formula is C10H12O3. The molecule has 0 heterocycles. The summed E-state index contributed by atoms with van der Waals surface area (Å²) in [4.78, 5) is 11.3. The number of fused-ring (bicyclic) bond motifs is 1. The average molecular weight is 180 g/mol. The molecule has 0 aliphatic heterocycles. The van der Waals surface area contributed by atoms with Crippen molar-refractivity contribution in [3.63, 3.8) is 0 Å². The fourth-order valence-corrected chi connectivity index (χ4v) is 2.12. The van der Waals surface area contributed by atoms with Crippen molar-refractivity contribution in [1.29, 1.82) is 0 Å². The second-order valence-electron chi connectivity index (χ2n) is 3.46. The van der Waals surface area contributed by atoms with Gasteiger partial charge in [0.05, 0.1) is 19.1 Å². The number of carbonyl (C=O) groups is 1. The van der Waals surface area contributed by atoms with E-state index in [4.69, 9.17) is 0 Å². The first-order chi connectivity index (χ1) is 6.24. The number of hydrogen-bond donors (Lipinski definition) is 1. The number of aliphatic hydroxyl groups is 1. The van der Waals surface area contributed by atoms with Gasteiger partial charge in [0, 0.05) is 11.8 Å². The molecule has 0 spiro atoms. The number of ether oxygens (including phenoxy) is 1. The first-order valence-corrected chi connectivity index (χ1v) is 4.36. The van der Waals surface area contributed by atoms with Crippen LogP contribution in [0.15, 0.2) is 24.3 Å². The molecule has 2 rings (SSSR count). The highest BCUT2D eigenvalue weighted by atomic mass is 16.5. The molecule has 0 radical (unpaired) electrons. The fourth-order valence-electron chi connectivity index (χ4n) is 2.12. The average Bonchev–Trinajstić information content (AvgIpc) is 2.68. The first kappa shape index (κ1) is 8.51. The standard InChI is InChI=1S/C10H12O3/c1-13-10(12)7-4-2-6-3-5-8(11)9(6)7/h2-9,11H,1H3/t6-,7-,8+,9+/m1/s1. The smallest absolute Gasteiger partial charge is 0.312 e. The minimum atomic E-state index is -0.510. The predicted octanol–water partition coefficient (Wildman–Crippen LogP) is 0.508. The zero-order valence-corrected chi connectivity index (χ0v) is 7.38. The zero-order valence-electron chi connectivity index (χ0n) is 7.38. The lowest BCUT2D eigenvalue weighted by Gasteiger charge is -2.19. The van der Waals surface area contributed by atoms with Crippen molar-refractivity contribution in [2.45, 2.75) is 6.10 Å². The molecule has 2 aliphatic rings. The Bertz CT molecular complexity index is 280. The molecule has 3 nitrogen and oxygen atoms in total. The summed E-state index contributed by atoms with van der Waals surface area (Å²) >= 11 is 0. The maximum Gasteiger partial charge on any atom is 0.312 e. The van der Waals surface area contributed by atoms with Crippen molar-refractivity contribution in [3.8, 4) is 0 Å². The predicted molar refractivity (Wildman–Crippen MR) is 46.8 cm³/mol. The Kier molecular flexibility index (Phi) is 1.96. The van der Waals surface area contributed by atoms with Crippen LogP contribution in [-0.2, 0) is 9.53 Å². The van der Waals surface area contributed by atoms with Crippen LogP contribution in [-0.4, -0.2) is 24.3 Å². The molecule has 0 aromatic heterocycles. The number of allylic oxidation sites excluding steroid dienone is 2. The van der Waals surface area contributed by atoms with Gasteiger partial charge in [-0.3, -0.25) is 4.79 Å². The molecule has 70 valence electrons. The van der Waals surface area contributed by atoms with Crippen LogP contribution >= 0.6 is 0 Å². The van der Waals surface area contributed by atoms with Gasteiger partial charge in [-0.15, -0.1) is 0 Å². The fraction of sp³-hybridized carbons (Fsp3) is 0.500. The van der Waals surface area contributed by atoms with Crippen LogP contribution in [0.2, 0.25) is 0 Å². The molecule has 4 atom stereocenters. The van der Waals surface area contributed by atoms with Gasteiger partial charge in [0.15, 0.2) is 0 Å². The summed E-state index contributed by atoms with van der Waals surface area (Å²) in [6.45, 7) is 0. The third-order valence-electron chi connectivity index (χ3n) is 2.80. The van der Waals surface area contributed by atoms with E-state index in [-0.39, 0.29) is 23.7 Å². The summed E-state index contributed by atoms with van der Waals surface area (Å²) in [5.41, 5.74) is 0. The van der Waals surface area contributed by atoms with Gasteiger partial charge in [-0.05, 0) is 0 Å². The van der Waals surface area contributed by atoms with Gasteiger partial charge in [-0.2, -0.15) is 0 Å². The number of hydrogen-bond acceptors (Lipinski definition) is 3. The van der Waals surface area contributed by atoms with Crippen LogP contribution in [0.4, 0.5) is 0 Å². The van der Waals surface area contributed by atoms with Gasteiger partial charge in [-0.25, -0.2) is 0 Å². The molecule has 1 N–H and O–H groups in total. The molecule has 0 unspecified atom stereocenters. The molecule has 13 heavy (non-hydrogen) atoms. The molecule has 0 amide bonds. The van der Waals surface area contributed by atoms with Crippen molar-refractivity contribution >= 4 is 5.97 Å². The lowest BCUT2D eigenvalue weighted by molar-refractivity contribution is -0.146. The van der Waals surface area contributed by atoms with Crippen molar-refractivity contribution < 1.29 is 14.6 Å². The topological polar surface area (TPSA) is 46.5 Å². The quantitative estimate of drug-likeness (QED) is 0.472. The molecule has 0 aromatic rings. The number of rotatable bonds is 1. The second-order valence-corrected chi connectivity index (χ2v) is 3.46. The van der Waals surface area contributed by atoms with Crippen LogP contribution in [0, 0.1) is 17.8 Å². The minimum Gasteiger partial charge on any atom is -0.469 e. The van der Waals surface area contributed by atoms with Gasteiger partial charge in [0.25, 0.3) is 0 Å². The summed E-state index contributed by atoms with van der Waals surface area (Å²) in [5, 5.41) is 9.58. The van der Waals surface area contributed by atoms with E-state index in [9.17, 15) is 9.90 Å². The van der Waals surface area contributed by atoms with E-state index in [1.165, 1.54) is 7.11 Å². The highest BCUT2D eigenvalue weighted by Gasteiger charge is 2.42. The summed E-state index contributed by atoms with van der Waals surface area (Å²) < 4.78 is 4.66. The highest BCUT2D eigenvalue weighted by Crippen LogP contribution is 2.39. The molecule has 0 saturated carbocycles. The van der Waals surface area contributed by atoms with E-state index in [0.717, 1.165) is 0 Å². The van der Waals surface area contributed by atoms with E-state index in [1.807, 2.05) is 18.2 Å². The molecule has 0 fully saturated rings. The van der Waals surface area contributed by atoms with Gasteiger partial charge >= 0.3 is 5.97 Å². The Hall–Kier alpha value is -1.09. The van der Waals surface area contributed by atoms with Gasteiger partial charge in [0.2, 0.25) is 0 Å². The maximum atomic E-state index is 11.3. The third kappa shape index (κ3) is 1.20. The lowest BCUT2D eigenvalue weighted by Crippen LogP contribution is -2.29.